The highest BCUT2D eigenvalue weighted by atomic mass is 127. The van der Waals surface area contributed by atoms with E-state index in [1.807, 2.05) is 30.3 Å². The number of anilines is 1. The van der Waals surface area contributed by atoms with Crippen LogP contribution in [0.2, 0.25) is 0 Å². The van der Waals surface area contributed by atoms with Gasteiger partial charge in [-0.2, -0.15) is 0 Å². The Morgan fingerprint density at radius 3 is 2.74 bits per heavy atom. The van der Waals surface area contributed by atoms with Crippen LogP contribution in [-0.4, -0.2) is 47.4 Å². The van der Waals surface area contributed by atoms with E-state index in [-0.39, 0.29) is 47.4 Å². The summed E-state index contributed by atoms with van der Waals surface area (Å²) < 4.78 is 22.3. The number of halogens is 1. The van der Waals surface area contributed by atoms with Crippen LogP contribution in [0.25, 0.3) is 0 Å². The molecule has 2 N–H and O–H groups in total. The molecule has 1 aliphatic heterocycles. The van der Waals surface area contributed by atoms with E-state index >= 15 is 0 Å². The summed E-state index contributed by atoms with van der Waals surface area (Å²) in [5, 5.41) is 11.8. The number of carbonyl (C=O) groups is 2. The first-order valence-corrected chi connectivity index (χ1v) is 15.3. The summed E-state index contributed by atoms with van der Waals surface area (Å²) in [6.45, 7) is 6.28. The van der Waals surface area contributed by atoms with Gasteiger partial charge in [0.05, 0.1) is 35.1 Å². The first kappa shape index (κ1) is 27.4. The van der Waals surface area contributed by atoms with Crippen LogP contribution in [0.4, 0.5) is 5.69 Å². The third-order valence-electron chi connectivity index (χ3n) is 10.6. The van der Waals surface area contributed by atoms with Crippen LogP contribution >= 0.6 is 22.9 Å². The highest BCUT2D eigenvalue weighted by Gasteiger charge is 2.75. The van der Waals surface area contributed by atoms with Crippen molar-refractivity contribution in [3.05, 3.63) is 48.1 Å². The Bertz CT molecular complexity index is 1210. The van der Waals surface area contributed by atoms with E-state index in [0.717, 1.165) is 43.4 Å². The Balaban J connectivity index is 1.32. The lowest BCUT2D eigenvalue weighted by molar-refractivity contribution is -0.200. The summed E-state index contributed by atoms with van der Waals surface area (Å²) in [7, 11) is 0. The fraction of sp³-hybridized carbons (Fsp3) is 0.613. The Hall–Kier alpha value is -1.75. The number of fused-ring (bicyclic) bond motifs is 7. The van der Waals surface area contributed by atoms with Crippen molar-refractivity contribution in [2.75, 3.05) is 10.1 Å². The van der Waals surface area contributed by atoms with Crippen LogP contribution in [0.5, 0.6) is 5.75 Å². The summed E-state index contributed by atoms with van der Waals surface area (Å²) in [5.41, 5.74) is -0.0439. The van der Waals surface area contributed by atoms with Crippen LogP contribution < -0.4 is 8.27 Å². The molecule has 7 nitrogen and oxygen atoms in total. The molecule has 210 valence electrons. The van der Waals surface area contributed by atoms with E-state index in [9.17, 15) is 14.7 Å². The van der Waals surface area contributed by atoms with Gasteiger partial charge in [0, 0.05) is 22.4 Å². The van der Waals surface area contributed by atoms with Gasteiger partial charge in [-0.1, -0.05) is 38.8 Å². The molecule has 0 aromatic heterocycles. The first-order valence-electron chi connectivity index (χ1n) is 14.2. The molecule has 0 spiro atoms. The average Bonchev–Trinajstić information content (AvgIpc) is 3.40. The van der Waals surface area contributed by atoms with Gasteiger partial charge in [0.1, 0.15) is 12.4 Å². The quantitative estimate of drug-likeness (QED) is 0.296. The molecule has 3 saturated carbocycles. The Morgan fingerprint density at radius 2 is 2.03 bits per heavy atom. The lowest BCUT2D eigenvalue weighted by Gasteiger charge is -2.59. The number of ether oxygens (including phenoxy) is 3. The smallest absolute Gasteiger partial charge is 0.205 e. The molecule has 1 aromatic carbocycles. The van der Waals surface area contributed by atoms with Crippen molar-refractivity contribution in [1.82, 2.24) is 0 Å². The van der Waals surface area contributed by atoms with E-state index in [1.54, 1.807) is 12.2 Å². The van der Waals surface area contributed by atoms with Gasteiger partial charge in [0.15, 0.2) is 17.7 Å². The van der Waals surface area contributed by atoms with Gasteiger partial charge in [0.25, 0.3) is 0 Å². The molecule has 0 bridgehead atoms. The normalized spacial score (nSPS) is 42.2. The number of benzene rings is 1. The zero-order valence-electron chi connectivity index (χ0n) is 22.8. The molecule has 39 heavy (non-hydrogen) atoms. The van der Waals surface area contributed by atoms with E-state index in [4.69, 9.17) is 14.2 Å². The highest BCUT2D eigenvalue weighted by Crippen LogP contribution is 2.69. The second-order valence-electron chi connectivity index (χ2n) is 12.5. The molecule has 1 heterocycles. The SMILES string of the molecule is CCC[C@@H]1O[C@@H]2C[C@H]3[C@@H]4CCC5=CC(=O)C=C[C@]5(C)[C@H]4[C@@H](O)C[C@]3(C)[C@]2(C(=O)COc2ccc(NI)cc2)O1. The first-order chi connectivity index (χ1) is 18.7. The number of carbonyl (C=O) groups excluding carboxylic acids is 2. The number of hydrogen-bond donors (Lipinski definition) is 2. The Labute approximate surface area is 244 Å². The minimum Gasteiger partial charge on any atom is -0.486 e. The summed E-state index contributed by atoms with van der Waals surface area (Å²) in [4.78, 5) is 26.4. The maximum absolute atomic E-state index is 14.3. The number of rotatable bonds is 7. The topological polar surface area (TPSA) is 94.1 Å². The van der Waals surface area contributed by atoms with Gasteiger partial charge in [0.2, 0.25) is 5.78 Å². The lowest BCUT2D eigenvalue weighted by Crippen LogP contribution is -2.63. The van der Waals surface area contributed by atoms with E-state index in [0.29, 0.717) is 12.2 Å². The minimum absolute atomic E-state index is 0.0152. The highest BCUT2D eigenvalue weighted by molar-refractivity contribution is 14.1. The molecule has 8 heteroatoms. The van der Waals surface area contributed by atoms with Crippen LogP contribution in [-0.2, 0) is 19.1 Å². The lowest BCUT2D eigenvalue weighted by atomic mass is 9.46. The minimum atomic E-state index is -1.16. The van der Waals surface area contributed by atoms with Gasteiger partial charge in [-0.25, -0.2) is 0 Å². The molecule has 1 aromatic rings. The van der Waals surface area contributed by atoms with Crippen molar-refractivity contribution in [3.63, 3.8) is 0 Å². The summed E-state index contributed by atoms with van der Waals surface area (Å²) in [6.07, 6.45) is 8.50. The number of ketones is 2. The standard InChI is InChI=1S/C31H38INO6/c1-4-5-27-38-26-15-23-22-11-6-18-14-20(34)12-13-29(18,2)28(22)24(35)16-30(23,3)31(26,39-27)25(36)17-37-21-9-7-19(33-32)8-10-21/h7-10,12-14,22-24,26-28,33,35H,4-6,11,15-17H2,1-3H3/t22-,23-,24-,26+,27+,28+,29-,30-,31+/m0/s1. The Kier molecular flexibility index (Phi) is 7.00. The summed E-state index contributed by atoms with van der Waals surface area (Å²) in [6, 6.07) is 7.51. The molecule has 4 fully saturated rings. The molecular formula is C31H38INO6. The molecule has 6 rings (SSSR count). The third-order valence-corrected chi connectivity index (χ3v) is 11.2. The fourth-order valence-electron chi connectivity index (χ4n) is 8.88. The maximum atomic E-state index is 14.3. The zero-order chi connectivity index (χ0) is 27.6. The predicted octanol–water partition coefficient (Wildman–Crippen LogP) is 5.57. The molecule has 4 aliphatic carbocycles. The van der Waals surface area contributed by atoms with Crippen LogP contribution in [0, 0.1) is 28.6 Å². The largest absolute Gasteiger partial charge is 0.486 e. The second-order valence-corrected chi connectivity index (χ2v) is 13.0. The van der Waals surface area contributed by atoms with Gasteiger partial charge in [-0.15, -0.1) is 0 Å². The number of hydrogen-bond acceptors (Lipinski definition) is 7. The van der Waals surface area contributed by atoms with E-state index in [2.05, 4.69) is 47.2 Å². The van der Waals surface area contributed by atoms with Gasteiger partial charge >= 0.3 is 0 Å². The molecular weight excluding hydrogens is 609 g/mol. The van der Waals surface area contributed by atoms with Crippen LogP contribution in [0.15, 0.2) is 48.1 Å². The Morgan fingerprint density at radius 1 is 1.26 bits per heavy atom. The maximum Gasteiger partial charge on any atom is 0.205 e. The van der Waals surface area contributed by atoms with Crippen molar-refractivity contribution in [3.8, 4) is 5.75 Å². The van der Waals surface area contributed by atoms with E-state index < -0.39 is 23.4 Å². The number of nitrogens with one attached hydrogen (secondary N) is 1. The predicted molar refractivity (Wildman–Crippen MR) is 155 cm³/mol. The van der Waals surface area contributed by atoms with Crippen molar-refractivity contribution < 1.29 is 28.9 Å². The molecule has 0 amide bonds. The van der Waals surface area contributed by atoms with Crippen molar-refractivity contribution >= 4 is 40.1 Å². The zero-order valence-corrected chi connectivity index (χ0v) is 25.0. The molecule has 0 unspecified atom stereocenters. The number of allylic oxidation sites excluding steroid dienone is 4. The average molecular weight is 648 g/mol. The number of aliphatic hydroxyl groups is 1. The molecule has 0 radical (unpaired) electrons. The van der Waals surface area contributed by atoms with Crippen molar-refractivity contribution in [1.29, 1.82) is 0 Å². The molecule has 1 saturated heterocycles. The van der Waals surface area contributed by atoms with Crippen LogP contribution in [0.3, 0.4) is 0 Å². The van der Waals surface area contributed by atoms with Gasteiger partial charge in [-0.3, -0.25) is 9.59 Å². The van der Waals surface area contributed by atoms with E-state index in [1.165, 1.54) is 0 Å². The number of aliphatic hydroxyl groups excluding tert-OH is 1. The van der Waals surface area contributed by atoms with Crippen molar-refractivity contribution in [2.24, 2.45) is 28.6 Å². The summed E-state index contributed by atoms with van der Waals surface area (Å²) in [5.74, 6) is 0.875. The fourth-order valence-corrected chi connectivity index (χ4v) is 9.24. The second kappa shape index (κ2) is 9.96. The van der Waals surface area contributed by atoms with Gasteiger partial charge in [-0.05, 0) is 80.4 Å². The monoisotopic (exact) mass is 647 g/mol. The van der Waals surface area contributed by atoms with Crippen LogP contribution in [0.1, 0.15) is 59.3 Å². The summed E-state index contributed by atoms with van der Waals surface area (Å²) >= 11 is 2.07. The van der Waals surface area contributed by atoms with Crippen molar-refractivity contribution in [2.45, 2.75) is 83.4 Å². The molecule has 9 atom stereocenters. The number of Topliss-reactive ketones (excluding diaryl/α,β-unsaturated/α-hetero) is 1. The van der Waals surface area contributed by atoms with Gasteiger partial charge < -0.3 is 22.8 Å². The molecule has 5 aliphatic rings. The third kappa shape index (κ3) is 4.07.